The van der Waals surface area contributed by atoms with Crippen molar-refractivity contribution in [3.05, 3.63) is 41.1 Å². The second kappa shape index (κ2) is 7.05. The van der Waals surface area contributed by atoms with Crippen LogP contribution in [0, 0.1) is 6.92 Å². The van der Waals surface area contributed by atoms with Gasteiger partial charge in [0.1, 0.15) is 5.82 Å². The fourth-order valence-corrected chi connectivity index (χ4v) is 2.87. The summed E-state index contributed by atoms with van der Waals surface area (Å²) in [5, 5.41) is 11.8. The fraction of sp³-hybridized carbons (Fsp3) is 0.389. The molecule has 0 spiro atoms. The molecule has 0 unspecified atom stereocenters. The molecule has 2 heterocycles. The molecule has 0 amide bonds. The lowest BCUT2D eigenvalue weighted by molar-refractivity contribution is -0.141. The highest BCUT2D eigenvalue weighted by Gasteiger charge is 2.35. The van der Waals surface area contributed by atoms with Crippen molar-refractivity contribution in [2.45, 2.75) is 38.9 Å². The van der Waals surface area contributed by atoms with E-state index in [4.69, 9.17) is 5.11 Å². The minimum absolute atomic E-state index is 0.0387. The summed E-state index contributed by atoms with van der Waals surface area (Å²) in [7, 11) is 0. The fourth-order valence-electron chi connectivity index (χ4n) is 2.87. The van der Waals surface area contributed by atoms with Crippen LogP contribution in [0.3, 0.4) is 0 Å². The highest BCUT2D eigenvalue weighted by molar-refractivity contribution is 5.71. The molecule has 1 aliphatic heterocycles. The number of carboxylic acid groups (broad SMARTS) is 1. The van der Waals surface area contributed by atoms with Gasteiger partial charge in [-0.05, 0) is 43.5 Å². The van der Waals surface area contributed by atoms with E-state index in [2.05, 4.69) is 15.3 Å². The van der Waals surface area contributed by atoms with E-state index in [0.29, 0.717) is 17.8 Å². The second-order valence-electron chi connectivity index (χ2n) is 6.60. The number of hydrogen-bond donors (Lipinski definition) is 2. The van der Waals surface area contributed by atoms with Crippen LogP contribution >= 0.6 is 0 Å². The topological polar surface area (TPSA) is 78.4 Å². The molecule has 3 rings (SSSR count). The highest BCUT2D eigenvalue weighted by Crippen LogP contribution is 2.33. The van der Waals surface area contributed by atoms with Crippen molar-refractivity contribution < 1.29 is 23.1 Å². The highest BCUT2D eigenvalue weighted by atomic mass is 19.4. The van der Waals surface area contributed by atoms with Gasteiger partial charge in [0, 0.05) is 24.3 Å². The SMILES string of the molecule is Cc1cc(Nc2cc(C(F)(F)F)nc(N3CC[C@@H]3C)n2)ccc1CC(=O)O. The molecule has 1 aromatic heterocycles. The molecule has 1 atom stereocenters. The zero-order valence-electron chi connectivity index (χ0n) is 14.8. The van der Waals surface area contributed by atoms with Crippen molar-refractivity contribution in [2.24, 2.45) is 0 Å². The van der Waals surface area contributed by atoms with Gasteiger partial charge in [0.2, 0.25) is 5.95 Å². The Morgan fingerprint density at radius 2 is 2.07 bits per heavy atom. The number of hydrogen-bond acceptors (Lipinski definition) is 5. The predicted molar refractivity (Wildman–Crippen MR) is 94.3 cm³/mol. The monoisotopic (exact) mass is 380 g/mol. The number of nitrogens with zero attached hydrogens (tertiary/aromatic N) is 3. The van der Waals surface area contributed by atoms with E-state index < -0.39 is 17.8 Å². The number of nitrogens with one attached hydrogen (secondary N) is 1. The van der Waals surface area contributed by atoms with Gasteiger partial charge < -0.3 is 15.3 Å². The molecule has 144 valence electrons. The number of alkyl halides is 3. The minimum Gasteiger partial charge on any atom is -0.481 e. The molecule has 2 aromatic rings. The van der Waals surface area contributed by atoms with Crippen molar-refractivity contribution >= 4 is 23.4 Å². The first kappa shape index (κ1) is 18.9. The molecular formula is C18H19F3N4O2. The smallest absolute Gasteiger partial charge is 0.433 e. The molecule has 0 aliphatic carbocycles. The van der Waals surface area contributed by atoms with Crippen LogP contribution in [0.4, 0.5) is 30.6 Å². The van der Waals surface area contributed by atoms with Gasteiger partial charge in [-0.15, -0.1) is 0 Å². The Bertz CT molecular complexity index is 870. The van der Waals surface area contributed by atoms with E-state index in [9.17, 15) is 18.0 Å². The van der Waals surface area contributed by atoms with Crippen LogP contribution < -0.4 is 10.2 Å². The Morgan fingerprint density at radius 3 is 2.59 bits per heavy atom. The lowest BCUT2D eigenvalue weighted by Gasteiger charge is -2.38. The maximum absolute atomic E-state index is 13.2. The number of aromatic nitrogens is 2. The van der Waals surface area contributed by atoms with Gasteiger partial charge in [0.25, 0.3) is 0 Å². The van der Waals surface area contributed by atoms with E-state index in [1.807, 2.05) is 6.92 Å². The number of aryl methyl sites for hydroxylation is 1. The normalized spacial score (nSPS) is 16.8. The number of carboxylic acids is 1. The van der Waals surface area contributed by atoms with Crippen molar-refractivity contribution in [3.63, 3.8) is 0 Å². The Labute approximate surface area is 154 Å². The van der Waals surface area contributed by atoms with Crippen molar-refractivity contribution in [3.8, 4) is 0 Å². The molecule has 1 fully saturated rings. The van der Waals surface area contributed by atoms with Crippen LogP contribution in [0.1, 0.15) is 30.2 Å². The summed E-state index contributed by atoms with van der Waals surface area (Å²) in [5.74, 6) is -0.861. The summed E-state index contributed by atoms with van der Waals surface area (Å²) in [6.45, 7) is 4.27. The standard InChI is InChI=1S/C18H19F3N4O2/c1-10-7-13(4-3-12(10)8-16(26)27)22-15-9-14(18(19,20)21)23-17(24-15)25-6-5-11(25)2/h3-4,7,9,11H,5-6,8H2,1-2H3,(H,26,27)(H,22,23,24)/t11-/m0/s1. The Balaban J connectivity index is 1.90. The number of halogens is 3. The molecule has 0 bridgehead atoms. The van der Waals surface area contributed by atoms with Gasteiger partial charge in [0.05, 0.1) is 6.42 Å². The summed E-state index contributed by atoms with van der Waals surface area (Å²) in [6.07, 6.45) is -3.81. The van der Waals surface area contributed by atoms with Gasteiger partial charge in [-0.1, -0.05) is 6.07 Å². The Kier molecular flexibility index (Phi) is 4.95. The van der Waals surface area contributed by atoms with E-state index in [1.54, 1.807) is 30.0 Å². The van der Waals surface area contributed by atoms with E-state index >= 15 is 0 Å². The lowest BCUT2D eigenvalue weighted by atomic mass is 10.1. The van der Waals surface area contributed by atoms with E-state index in [1.165, 1.54) is 0 Å². The second-order valence-corrected chi connectivity index (χ2v) is 6.60. The third-order valence-corrected chi connectivity index (χ3v) is 4.54. The first-order valence-electron chi connectivity index (χ1n) is 8.45. The van der Waals surface area contributed by atoms with E-state index in [-0.39, 0.29) is 24.2 Å². The van der Waals surface area contributed by atoms with E-state index in [0.717, 1.165) is 18.1 Å². The Morgan fingerprint density at radius 1 is 1.33 bits per heavy atom. The average molecular weight is 380 g/mol. The van der Waals surface area contributed by atoms with Crippen LogP contribution in [-0.4, -0.2) is 33.6 Å². The molecule has 6 nitrogen and oxygen atoms in total. The van der Waals surface area contributed by atoms with Gasteiger partial charge in [0.15, 0.2) is 5.69 Å². The third-order valence-electron chi connectivity index (χ3n) is 4.54. The van der Waals surface area contributed by atoms with Crippen LogP contribution in [0.5, 0.6) is 0 Å². The molecule has 2 N–H and O–H groups in total. The van der Waals surface area contributed by atoms with Crippen LogP contribution in [0.15, 0.2) is 24.3 Å². The van der Waals surface area contributed by atoms with Crippen molar-refractivity contribution in [2.75, 3.05) is 16.8 Å². The summed E-state index contributed by atoms with van der Waals surface area (Å²) in [6, 6.07) is 5.90. The molecule has 1 saturated heterocycles. The largest absolute Gasteiger partial charge is 0.481 e. The molecule has 1 aromatic carbocycles. The quantitative estimate of drug-likeness (QED) is 0.822. The number of anilines is 3. The van der Waals surface area contributed by atoms with Crippen molar-refractivity contribution in [1.82, 2.24) is 9.97 Å². The van der Waals surface area contributed by atoms with Crippen LogP contribution in [0.25, 0.3) is 0 Å². The van der Waals surface area contributed by atoms with Gasteiger partial charge in [-0.25, -0.2) is 4.98 Å². The predicted octanol–water partition coefficient (Wildman–Crippen LogP) is 3.77. The summed E-state index contributed by atoms with van der Waals surface area (Å²) in [5.41, 5.74) is 0.885. The van der Waals surface area contributed by atoms with Crippen molar-refractivity contribution in [1.29, 1.82) is 0 Å². The van der Waals surface area contributed by atoms with Gasteiger partial charge in [-0.3, -0.25) is 4.79 Å². The summed E-state index contributed by atoms with van der Waals surface area (Å²) >= 11 is 0. The number of benzene rings is 1. The molecule has 9 heteroatoms. The molecule has 0 saturated carbocycles. The third kappa shape index (κ3) is 4.29. The Hall–Kier alpha value is -2.84. The maximum Gasteiger partial charge on any atom is 0.433 e. The summed E-state index contributed by atoms with van der Waals surface area (Å²) in [4.78, 5) is 20.5. The van der Waals surface area contributed by atoms with Crippen LogP contribution in [-0.2, 0) is 17.4 Å². The van der Waals surface area contributed by atoms with Gasteiger partial charge >= 0.3 is 12.1 Å². The maximum atomic E-state index is 13.2. The summed E-state index contributed by atoms with van der Waals surface area (Å²) < 4.78 is 39.6. The minimum atomic E-state index is -4.58. The average Bonchev–Trinajstić information content (AvgIpc) is 2.54. The zero-order valence-corrected chi connectivity index (χ0v) is 14.8. The lowest BCUT2D eigenvalue weighted by Crippen LogP contribution is -2.46. The number of aliphatic carboxylic acids is 1. The molecule has 0 radical (unpaired) electrons. The van der Waals surface area contributed by atoms with Gasteiger partial charge in [-0.2, -0.15) is 18.2 Å². The molecule has 27 heavy (non-hydrogen) atoms. The first-order valence-corrected chi connectivity index (χ1v) is 8.45. The molecular weight excluding hydrogens is 361 g/mol. The molecule has 1 aliphatic rings. The first-order chi connectivity index (χ1) is 12.6. The number of rotatable bonds is 5. The number of carbonyl (C=O) groups is 1. The zero-order chi connectivity index (χ0) is 19.8. The van der Waals surface area contributed by atoms with Crippen LogP contribution in [0.2, 0.25) is 0 Å².